The van der Waals surface area contributed by atoms with E-state index in [2.05, 4.69) is 60.2 Å². The van der Waals surface area contributed by atoms with Gasteiger partial charge in [0.25, 0.3) is 0 Å². The van der Waals surface area contributed by atoms with Gasteiger partial charge in [-0.1, -0.05) is 74.2 Å². The lowest BCUT2D eigenvalue weighted by molar-refractivity contribution is 0.262. The molecule has 2 aliphatic carbocycles. The van der Waals surface area contributed by atoms with Gasteiger partial charge in [-0.2, -0.15) is 0 Å². The molecule has 1 heterocycles. The van der Waals surface area contributed by atoms with Crippen LogP contribution in [-0.4, -0.2) is 23.4 Å². The van der Waals surface area contributed by atoms with Gasteiger partial charge in [-0.25, -0.2) is 4.79 Å². The van der Waals surface area contributed by atoms with Crippen LogP contribution in [0.15, 0.2) is 48.2 Å². The number of hydrogen-bond donors (Lipinski definition) is 0. The molecule has 2 aromatic carbocycles. The van der Waals surface area contributed by atoms with Gasteiger partial charge in [0.05, 0.1) is 5.70 Å². The number of aryl methyl sites for hydroxylation is 1. The smallest absolute Gasteiger partial charge is 0.145 e. The molecule has 3 aliphatic rings. The molecule has 2 aromatic rings. The van der Waals surface area contributed by atoms with Crippen molar-refractivity contribution in [3.05, 3.63) is 75.4 Å². The Balaban J connectivity index is 1.27. The molecule has 2 saturated carbocycles. The first-order valence-corrected chi connectivity index (χ1v) is 12.9. The second-order valence-corrected chi connectivity index (χ2v) is 10.4. The molecule has 0 amide bonds. The Labute approximate surface area is 197 Å². The summed E-state index contributed by atoms with van der Waals surface area (Å²) in [5.74, 6) is 3.86. The van der Waals surface area contributed by atoms with Crippen molar-refractivity contribution in [1.29, 1.82) is 0 Å². The zero-order valence-corrected chi connectivity index (χ0v) is 19.9. The molecule has 3 atom stereocenters. The first-order valence-electron chi connectivity index (χ1n) is 12.6. The molecule has 3 unspecified atom stereocenters. The quantitative estimate of drug-likeness (QED) is 0.445. The average molecular weight is 448 g/mol. The SMILES string of the molecule is CCc1ccccc1C1CCN(C2CC2c2ccc(C3CCCCC3)c(Cl)c2)C(=C=O)C1. The third kappa shape index (κ3) is 4.28. The Kier molecular flexibility index (Phi) is 6.44. The molecular formula is C29H34ClNO. The number of allylic oxidation sites excluding steroid dienone is 1. The summed E-state index contributed by atoms with van der Waals surface area (Å²) in [5, 5.41) is 0.945. The van der Waals surface area contributed by atoms with E-state index in [4.69, 9.17) is 11.6 Å². The molecule has 0 radical (unpaired) electrons. The third-order valence-electron chi connectivity index (χ3n) is 8.15. The number of nitrogens with zero attached hydrogens (tertiary/aromatic N) is 1. The zero-order valence-electron chi connectivity index (χ0n) is 19.2. The van der Waals surface area contributed by atoms with Gasteiger partial charge in [-0.3, -0.25) is 0 Å². The summed E-state index contributed by atoms with van der Waals surface area (Å²) in [7, 11) is 0. The largest absolute Gasteiger partial charge is 0.362 e. The van der Waals surface area contributed by atoms with Gasteiger partial charge in [0.2, 0.25) is 0 Å². The van der Waals surface area contributed by atoms with Crippen molar-refractivity contribution in [1.82, 2.24) is 4.90 Å². The highest BCUT2D eigenvalue weighted by Crippen LogP contribution is 2.50. The first kappa shape index (κ1) is 21.8. The van der Waals surface area contributed by atoms with E-state index in [-0.39, 0.29) is 0 Å². The van der Waals surface area contributed by atoms with E-state index in [0.717, 1.165) is 42.9 Å². The van der Waals surface area contributed by atoms with Crippen LogP contribution in [0.4, 0.5) is 0 Å². The van der Waals surface area contributed by atoms with Crippen molar-refractivity contribution < 1.29 is 4.79 Å². The van der Waals surface area contributed by atoms with Crippen LogP contribution >= 0.6 is 11.6 Å². The standard InChI is InChI=1S/C29H34ClNO/c1-2-20-8-6-7-11-25(20)23-14-15-31(24(16-23)19-32)29-18-27(29)22-12-13-26(28(30)17-22)21-9-4-3-5-10-21/h6-8,11-13,17,21,23,27,29H,2-5,9-10,14-16,18H2,1H3. The van der Waals surface area contributed by atoms with Gasteiger partial charge in [-0.15, -0.1) is 0 Å². The highest BCUT2D eigenvalue weighted by molar-refractivity contribution is 6.31. The van der Waals surface area contributed by atoms with Crippen LogP contribution < -0.4 is 0 Å². The van der Waals surface area contributed by atoms with Crippen molar-refractivity contribution in [2.24, 2.45) is 0 Å². The number of halogens is 1. The van der Waals surface area contributed by atoms with Crippen LogP contribution in [0.3, 0.4) is 0 Å². The van der Waals surface area contributed by atoms with Gasteiger partial charge >= 0.3 is 0 Å². The van der Waals surface area contributed by atoms with Crippen molar-refractivity contribution in [2.45, 2.75) is 88.5 Å². The summed E-state index contributed by atoms with van der Waals surface area (Å²) in [4.78, 5) is 14.3. The van der Waals surface area contributed by atoms with Gasteiger partial charge in [-0.05, 0) is 72.3 Å². The number of hydrogen-bond acceptors (Lipinski definition) is 2. The molecule has 3 heteroatoms. The molecule has 5 rings (SSSR count). The first-order chi connectivity index (χ1) is 15.7. The van der Waals surface area contributed by atoms with Crippen molar-refractivity contribution in [3.8, 4) is 0 Å². The predicted octanol–water partition coefficient (Wildman–Crippen LogP) is 7.40. The van der Waals surface area contributed by atoms with Gasteiger partial charge in [0.15, 0.2) is 0 Å². The molecule has 1 aliphatic heterocycles. The molecule has 3 fully saturated rings. The Bertz CT molecular complexity index is 1020. The molecule has 2 nitrogen and oxygen atoms in total. The second-order valence-electron chi connectivity index (χ2n) is 10.0. The summed E-state index contributed by atoms with van der Waals surface area (Å²) in [6.07, 6.45) is 10.6. The second kappa shape index (κ2) is 9.46. The van der Waals surface area contributed by atoms with Crippen LogP contribution in [0.25, 0.3) is 0 Å². The van der Waals surface area contributed by atoms with E-state index in [1.165, 1.54) is 54.4 Å². The third-order valence-corrected chi connectivity index (χ3v) is 8.48. The zero-order chi connectivity index (χ0) is 22.1. The number of benzene rings is 2. The van der Waals surface area contributed by atoms with E-state index < -0.39 is 0 Å². The van der Waals surface area contributed by atoms with Gasteiger partial charge < -0.3 is 4.90 Å². The summed E-state index contributed by atoms with van der Waals surface area (Å²) in [6, 6.07) is 15.9. The monoisotopic (exact) mass is 447 g/mol. The molecule has 0 N–H and O–H groups in total. The minimum Gasteiger partial charge on any atom is -0.362 e. The van der Waals surface area contributed by atoms with E-state index in [1.807, 2.05) is 0 Å². The fourth-order valence-corrected chi connectivity index (χ4v) is 6.62. The Morgan fingerprint density at radius 2 is 1.81 bits per heavy atom. The van der Waals surface area contributed by atoms with Crippen LogP contribution in [0, 0.1) is 0 Å². The average Bonchev–Trinajstić information content (AvgIpc) is 3.65. The lowest BCUT2D eigenvalue weighted by Crippen LogP contribution is -2.34. The van der Waals surface area contributed by atoms with Crippen molar-refractivity contribution in [3.63, 3.8) is 0 Å². The summed E-state index contributed by atoms with van der Waals surface area (Å²) in [5.41, 5.74) is 6.37. The molecule has 32 heavy (non-hydrogen) atoms. The normalized spacial score (nSPS) is 26.1. The minimum atomic E-state index is 0.422. The van der Waals surface area contributed by atoms with E-state index in [9.17, 15) is 4.79 Å². The Morgan fingerprint density at radius 3 is 2.56 bits per heavy atom. The van der Waals surface area contributed by atoms with E-state index in [1.54, 1.807) is 0 Å². The number of piperidine rings is 1. The molecular weight excluding hydrogens is 414 g/mol. The lowest BCUT2D eigenvalue weighted by atomic mass is 9.83. The van der Waals surface area contributed by atoms with E-state index in [0.29, 0.717) is 23.8 Å². The fraction of sp³-hybridized carbons (Fsp3) is 0.517. The highest BCUT2D eigenvalue weighted by atomic mass is 35.5. The predicted molar refractivity (Wildman–Crippen MR) is 132 cm³/mol. The molecule has 0 aromatic heterocycles. The number of likely N-dealkylation sites (tertiary alicyclic amines) is 1. The molecule has 0 bridgehead atoms. The Morgan fingerprint density at radius 1 is 1.00 bits per heavy atom. The maximum atomic E-state index is 11.9. The topological polar surface area (TPSA) is 20.3 Å². The fourth-order valence-electron chi connectivity index (χ4n) is 6.27. The minimum absolute atomic E-state index is 0.422. The van der Waals surface area contributed by atoms with Gasteiger partial charge in [0, 0.05) is 29.9 Å². The van der Waals surface area contributed by atoms with Crippen LogP contribution in [-0.2, 0) is 11.2 Å². The van der Waals surface area contributed by atoms with Gasteiger partial charge in [0.1, 0.15) is 5.94 Å². The summed E-state index contributed by atoms with van der Waals surface area (Å²) >= 11 is 6.76. The van der Waals surface area contributed by atoms with Crippen LogP contribution in [0.2, 0.25) is 5.02 Å². The summed E-state index contributed by atoms with van der Waals surface area (Å²) < 4.78 is 0. The van der Waals surface area contributed by atoms with E-state index >= 15 is 0 Å². The van der Waals surface area contributed by atoms with Crippen LogP contribution in [0.1, 0.15) is 98.3 Å². The Hall–Kier alpha value is -2.02. The summed E-state index contributed by atoms with van der Waals surface area (Å²) in [6.45, 7) is 3.16. The lowest BCUT2D eigenvalue weighted by Gasteiger charge is -2.35. The molecule has 168 valence electrons. The van der Waals surface area contributed by atoms with Crippen LogP contribution in [0.5, 0.6) is 0 Å². The maximum absolute atomic E-state index is 11.9. The highest BCUT2D eigenvalue weighted by Gasteiger charge is 2.45. The molecule has 1 saturated heterocycles. The van der Waals surface area contributed by atoms with Crippen molar-refractivity contribution in [2.75, 3.05) is 6.54 Å². The molecule has 0 spiro atoms. The number of carbonyl (C=O) groups excluding carboxylic acids is 1. The number of rotatable bonds is 5. The maximum Gasteiger partial charge on any atom is 0.145 e. The van der Waals surface area contributed by atoms with Crippen molar-refractivity contribution >= 4 is 17.5 Å².